The highest BCUT2D eigenvalue weighted by molar-refractivity contribution is 8.14. The molecule has 0 unspecified atom stereocenters. The first-order valence-corrected chi connectivity index (χ1v) is 8.53. The minimum Gasteiger partial charge on any atom is -0.399 e. The van der Waals surface area contributed by atoms with Crippen molar-refractivity contribution in [3.05, 3.63) is 66.2 Å². The van der Waals surface area contributed by atoms with E-state index < -0.39 is 0 Å². The van der Waals surface area contributed by atoms with E-state index in [9.17, 15) is 0 Å². The van der Waals surface area contributed by atoms with E-state index in [1.54, 1.807) is 0 Å². The summed E-state index contributed by atoms with van der Waals surface area (Å²) in [4.78, 5) is 11.8. The van der Waals surface area contributed by atoms with Gasteiger partial charge in [0.2, 0.25) is 0 Å². The van der Waals surface area contributed by atoms with Gasteiger partial charge in [-0.25, -0.2) is 9.97 Å². The Morgan fingerprint density at radius 2 is 2.16 bits per heavy atom. The molecule has 0 saturated heterocycles. The Morgan fingerprint density at radius 3 is 2.92 bits per heavy atom. The van der Waals surface area contributed by atoms with Gasteiger partial charge in [0.25, 0.3) is 0 Å². The summed E-state index contributed by atoms with van der Waals surface area (Å²) in [5.74, 6) is 0. The molecule has 1 aromatic carbocycles. The summed E-state index contributed by atoms with van der Waals surface area (Å²) >= 11 is 1.29. The van der Waals surface area contributed by atoms with Crippen LogP contribution in [0.5, 0.6) is 0 Å². The highest BCUT2D eigenvalue weighted by atomic mass is 32.2. The fourth-order valence-corrected chi connectivity index (χ4v) is 3.38. The van der Waals surface area contributed by atoms with E-state index in [-0.39, 0.29) is 0 Å². The average molecular weight is 348 g/mol. The number of aryl methyl sites for hydroxylation is 1. The highest BCUT2D eigenvalue weighted by Gasteiger charge is 2.11. The first-order valence-electron chi connectivity index (χ1n) is 7.72. The molecule has 7 heteroatoms. The number of H-pyrrole nitrogens is 1. The van der Waals surface area contributed by atoms with Crippen LogP contribution in [0.4, 0.5) is 5.69 Å². The van der Waals surface area contributed by atoms with Crippen molar-refractivity contribution >= 4 is 28.1 Å². The maximum absolute atomic E-state index is 8.30. The van der Waals surface area contributed by atoms with Crippen LogP contribution in [0.25, 0.3) is 16.9 Å². The molecular weight excluding hydrogens is 332 g/mol. The molecule has 0 radical (unpaired) electrons. The van der Waals surface area contributed by atoms with Crippen LogP contribution < -0.4 is 5.73 Å². The van der Waals surface area contributed by atoms with E-state index in [1.165, 1.54) is 11.8 Å². The predicted octanol–water partition coefficient (Wildman–Crippen LogP) is 3.73. The molecule has 3 heterocycles. The second kappa shape index (κ2) is 6.10. The molecule has 0 spiro atoms. The van der Waals surface area contributed by atoms with E-state index in [0.29, 0.717) is 10.2 Å². The van der Waals surface area contributed by atoms with Crippen molar-refractivity contribution in [2.45, 2.75) is 12.1 Å². The number of pyridine rings is 1. The minimum absolute atomic E-state index is 0.422. The van der Waals surface area contributed by atoms with Gasteiger partial charge in [-0.1, -0.05) is 12.1 Å². The SMILES string of the molecule is Cc1c[nH]c(SC(=N)c2ccn3c(-c4cccc(N)c4)cnc3c2)n1. The number of nitrogens with zero attached hydrogens (tertiary/aromatic N) is 3. The molecular formula is C18H16N6S. The Labute approximate surface area is 148 Å². The second-order valence-corrected chi connectivity index (χ2v) is 6.69. The van der Waals surface area contributed by atoms with Crippen LogP contribution in [0.1, 0.15) is 11.3 Å². The van der Waals surface area contributed by atoms with Crippen LogP contribution in [0.3, 0.4) is 0 Å². The quantitative estimate of drug-likeness (QED) is 0.227. The number of nitrogen functional groups attached to an aromatic ring is 1. The molecule has 3 aromatic heterocycles. The first-order chi connectivity index (χ1) is 12.1. The summed E-state index contributed by atoms with van der Waals surface area (Å²) in [7, 11) is 0. The monoisotopic (exact) mass is 348 g/mol. The van der Waals surface area contributed by atoms with E-state index in [2.05, 4.69) is 15.0 Å². The van der Waals surface area contributed by atoms with Gasteiger partial charge in [0.05, 0.1) is 17.6 Å². The maximum Gasteiger partial charge on any atom is 0.171 e. The number of nitrogens with one attached hydrogen (secondary N) is 2. The zero-order valence-corrected chi connectivity index (χ0v) is 14.3. The van der Waals surface area contributed by atoms with Crippen LogP contribution in [0.15, 0.2) is 60.1 Å². The summed E-state index contributed by atoms with van der Waals surface area (Å²) in [6.07, 6.45) is 5.57. The van der Waals surface area contributed by atoms with Gasteiger partial charge in [-0.05, 0) is 43.0 Å². The fourth-order valence-electron chi connectivity index (χ4n) is 2.63. The Kier molecular flexibility index (Phi) is 3.77. The largest absolute Gasteiger partial charge is 0.399 e. The Morgan fingerprint density at radius 1 is 1.28 bits per heavy atom. The number of hydrogen-bond acceptors (Lipinski definition) is 5. The molecule has 0 saturated carbocycles. The third-order valence-electron chi connectivity index (χ3n) is 3.84. The van der Waals surface area contributed by atoms with Crippen LogP contribution in [0, 0.1) is 12.3 Å². The molecule has 0 aliphatic heterocycles. The van der Waals surface area contributed by atoms with Crippen LogP contribution in [-0.4, -0.2) is 24.4 Å². The molecule has 25 heavy (non-hydrogen) atoms. The van der Waals surface area contributed by atoms with Gasteiger partial charge in [0, 0.05) is 29.2 Å². The summed E-state index contributed by atoms with van der Waals surface area (Å²) in [6, 6.07) is 11.5. The topological polar surface area (TPSA) is 95.8 Å². The van der Waals surface area contributed by atoms with Crippen molar-refractivity contribution in [2.75, 3.05) is 5.73 Å². The Hall–Kier alpha value is -3.06. The molecule has 0 atom stereocenters. The highest BCUT2D eigenvalue weighted by Crippen LogP contribution is 2.25. The van der Waals surface area contributed by atoms with Crippen molar-refractivity contribution in [1.82, 2.24) is 19.4 Å². The molecule has 4 N–H and O–H groups in total. The number of aromatic amines is 1. The minimum atomic E-state index is 0.422. The normalized spacial score (nSPS) is 11.1. The number of imidazole rings is 2. The number of anilines is 1. The molecule has 0 amide bonds. The predicted molar refractivity (Wildman–Crippen MR) is 101 cm³/mol. The standard InChI is InChI=1S/C18H16N6S/c1-11-9-22-18(23-11)25-17(20)13-5-6-24-15(10-21-16(24)8-13)12-3-2-4-14(19)7-12/h2-10,20H,19H2,1H3,(H,22,23). The molecule has 0 fully saturated rings. The van der Waals surface area contributed by atoms with Gasteiger partial charge in [-0.3, -0.25) is 9.81 Å². The lowest BCUT2D eigenvalue weighted by molar-refractivity contribution is 1.05. The summed E-state index contributed by atoms with van der Waals surface area (Å²) in [6.45, 7) is 1.92. The van der Waals surface area contributed by atoms with E-state index >= 15 is 0 Å². The van der Waals surface area contributed by atoms with Crippen molar-refractivity contribution in [3.8, 4) is 11.3 Å². The number of thioether (sulfide) groups is 1. The lowest BCUT2D eigenvalue weighted by Crippen LogP contribution is -1.97. The van der Waals surface area contributed by atoms with Gasteiger partial charge in [-0.15, -0.1) is 0 Å². The first kappa shape index (κ1) is 15.5. The fraction of sp³-hybridized carbons (Fsp3) is 0.0556. The van der Waals surface area contributed by atoms with E-state index in [1.807, 2.05) is 66.3 Å². The molecule has 0 bridgehead atoms. The molecule has 0 aliphatic rings. The lowest BCUT2D eigenvalue weighted by Gasteiger charge is -2.05. The Bertz CT molecular complexity index is 1080. The second-order valence-electron chi connectivity index (χ2n) is 5.69. The lowest BCUT2D eigenvalue weighted by atomic mass is 10.1. The maximum atomic E-state index is 8.30. The Balaban J connectivity index is 1.66. The van der Waals surface area contributed by atoms with Gasteiger partial charge < -0.3 is 10.7 Å². The smallest absolute Gasteiger partial charge is 0.171 e. The number of nitrogens with two attached hydrogens (primary N) is 1. The number of benzene rings is 1. The van der Waals surface area contributed by atoms with E-state index in [4.69, 9.17) is 11.1 Å². The van der Waals surface area contributed by atoms with Crippen LogP contribution in [0.2, 0.25) is 0 Å². The van der Waals surface area contributed by atoms with Crippen molar-refractivity contribution in [3.63, 3.8) is 0 Å². The van der Waals surface area contributed by atoms with Gasteiger partial charge in [0.1, 0.15) is 10.7 Å². The van der Waals surface area contributed by atoms with Gasteiger partial charge in [0.15, 0.2) is 5.16 Å². The van der Waals surface area contributed by atoms with Gasteiger partial charge in [-0.2, -0.15) is 0 Å². The zero-order valence-electron chi connectivity index (χ0n) is 13.5. The van der Waals surface area contributed by atoms with Crippen molar-refractivity contribution in [1.29, 1.82) is 5.41 Å². The summed E-state index contributed by atoms with van der Waals surface area (Å²) in [5, 5.41) is 9.44. The van der Waals surface area contributed by atoms with Crippen LogP contribution >= 0.6 is 11.8 Å². The summed E-state index contributed by atoms with van der Waals surface area (Å²) in [5.41, 5.74) is 11.1. The van der Waals surface area contributed by atoms with Gasteiger partial charge >= 0.3 is 0 Å². The van der Waals surface area contributed by atoms with Crippen molar-refractivity contribution < 1.29 is 0 Å². The number of hydrogen-bond donors (Lipinski definition) is 3. The van der Waals surface area contributed by atoms with Crippen LogP contribution in [-0.2, 0) is 0 Å². The zero-order chi connectivity index (χ0) is 17.4. The summed E-state index contributed by atoms with van der Waals surface area (Å²) < 4.78 is 1.99. The molecule has 4 rings (SSSR count). The number of fused-ring (bicyclic) bond motifs is 1. The van der Waals surface area contributed by atoms with Crippen molar-refractivity contribution in [2.24, 2.45) is 0 Å². The third kappa shape index (κ3) is 3.01. The molecule has 124 valence electrons. The number of aromatic nitrogens is 4. The molecule has 4 aromatic rings. The number of rotatable bonds is 3. The molecule has 0 aliphatic carbocycles. The average Bonchev–Trinajstić information content (AvgIpc) is 3.20. The molecule has 6 nitrogen and oxygen atoms in total. The third-order valence-corrected chi connectivity index (χ3v) is 4.68. The van der Waals surface area contributed by atoms with E-state index in [0.717, 1.165) is 33.8 Å².